The topological polar surface area (TPSA) is 64.4 Å². The third-order valence-corrected chi connectivity index (χ3v) is 3.67. The highest BCUT2D eigenvalue weighted by molar-refractivity contribution is 9.10. The lowest BCUT2D eigenvalue weighted by atomic mass is 10.2. The fourth-order valence-electron chi connectivity index (χ4n) is 1.94. The lowest BCUT2D eigenvalue weighted by Crippen LogP contribution is -2.12. The van der Waals surface area contributed by atoms with Crippen molar-refractivity contribution in [1.29, 1.82) is 0 Å². The number of nitrogens with zero attached hydrogens (tertiary/aromatic N) is 1. The van der Waals surface area contributed by atoms with Crippen LogP contribution < -0.4 is 10.1 Å². The molecule has 0 fully saturated rings. The molecular formula is C15H15BrN2O3. The minimum atomic E-state index is -0.393. The Bertz CT molecular complexity index is 647. The van der Waals surface area contributed by atoms with E-state index in [4.69, 9.17) is 4.74 Å². The lowest BCUT2D eigenvalue weighted by molar-refractivity contribution is -0.385. The molecule has 0 bridgehead atoms. The molecule has 0 unspecified atom stereocenters. The molecule has 21 heavy (non-hydrogen) atoms. The van der Waals surface area contributed by atoms with Gasteiger partial charge in [0.2, 0.25) is 0 Å². The molecule has 0 heterocycles. The normalized spacial score (nSPS) is 10.4. The molecule has 0 amide bonds. The maximum atomic E-state index is 10.9. The van der Waals surface area contributed by atoms with E-state index in [9.17, 15) is 10.1 Å². The monoisotopic (exact) mass is 350 g/mol. The van der Waals surface area contributed by atoms with Crippen LogP contribution in [0.2, 0.25) is 0 Å². The summed E-state index contributed by atoms with van der Waals surface area (Å²) in [6.45, 7) is 1.23. The molecule has 0 aliphatic heterocycles. The van der Waals surface area contributed by atoms with Gasteiger partial charge >= 0.3 is 0 Å². The van der Waals surface area contributed by atoms with Crippen LogP contribution in [-0.2, 0) is 13.1 Å². The first-order valence-electron chi connectivity index (χ1n) is 6.36. The first-order valence-corrected chi connectivity index (χ1v) is 7.16. The van der Waals surface area contributed by atoms with Gasteiger partial charge in [-0.3, -0.25) is 10.1 Å². The third-order valence-electron chi connectivity index (χ3n) is 3.00. The predicted octanol–water partition coefficient (Wildman–Crippen LogP) is 3.66. The van der Waals surface area contributed by atoms with E-state index in [1.165, 1.54) is 0 Å². The number of halogens is 1. The third kappa shape index (κ3) is 4.27. The average molecular weight is 351 g/mol. The maximum Gasteiger partial charge on any atom is 0.283 e. The average Bonchev–Trinajstić information content (AvgIpc) is 2.49. The van der Waals surface area contributed by atoms with Crippen LogP contribution in [0.5, 0.6) is 5.75 Å². The van der Waals surface area contributed by atoms with Gasteiger partial charge in [0.05, 0.1) is 16.5 Å². The Labute approximate surface area is 131 Å². The van der Waals surface area contributed by atoms with Gasteiger partial charge < -0.3 is 10.1 Å². The van der Waals surface area contributed by atoms with Crippen LogP contribution in [0.15, 0.2) is 46.9 Å². The number of nitrogens with one attached hydrogen (secondary N) is 1. The summed E-state index contributed by atoms with van der Waals surface area (Å²) in [4.78, 5) is 10.5. The molecule has 110 valence electrons. The number of methoxy groups -OCH3 is 1. The Balaban J connectivity index is 1.97. The van der Waals surface area contributed by atoms with Crippen molar-refractivity contribution in [1.82, 2.24) is 5.32 Å². The minimum Gasteiger partial charge on any atom is -0.497 e. The van der Waals surface area contributed by atoms with Gasteiger partial charge in [0.1, 0.15) is 5.75 Å². The zero-order valence-corrected chi connectivity index (χ0v) is 13.1. The van der Waals surface area contributed by atoms with Gasteiger partial charge in [0.25, 0.3) is 5.69 Å². The van der Waals surface area contributed by atoms with E-state index in [0.717, 1.165) is 16.9 Å². The molecule has 1 N–H and O–H groups in total. The summed E-state index contributed by atoms with van der Waals surface area (Å²) in [5.74, 6) is 0.813. The number of ether oxygens (including phenoxy) is 1. The van der Waals surface area contributed by atoms with Gasteiger partial charge in [0, 0.05) is 19.2 Å². The van der Waals surface area contributed by atoms with Crippen molar-refractivity contribution in [3.63, 3.8) is 0 Å². The number of hydrogen-bond donors (Lipinski definition) is 1. The smallest absolute Gasteiger partial charge is 0.283 e. The summed E-state index contributed by atoms with van der Waals surface area (Å²) in [5, 5.41) is 14.1. The predicted molar refractivity (Wildman–Crippen MR) is 84.3 cm³/mol. The van der Waals surface area contributed by atoms with E-state index in [0.29, 0.717) is 17.6 Å². The van der Waals surface area contributed by atoms with Crippen molar-refractivity contribution in [2.75, 3.05) is 7.11 Å². The SMILES string of the molecule is COc1cccc(CNCc2ccc(Br)c([N+](=O)[O-])c2)c1. The first-order chi connectivity index (χ1) is 10.1. The van der Waals surface area contributed by atoms with Crippen molar-refractivity contribution in [3.8, 4) is 5.75 Å². The molecule has 0 radical (unpaired) electrons. The van der Waals surface area contributed by atoms with Crippen LogP contribution >= 0.6 is 15.9 Å². The standard InChI is InChI=1S/C15H15BrN2O3/c1-21-13-4-2-3-11(7-13)9-17-10-12-5-6-14(16)15(8-12)18(19)20/h2-8,17H,9-10H2,1H3. The highest BCUT2D eigenvalue weighted by Gasteiger charge is 2.11. The van der Waals surface area contributed by atoms with Crippen LogP contribution in [0.4, 0.5) is 5.69 Å². The Hall–Kier alpha value is -1.92. The van der Waals surface area contributed by atoms with Crippen molar-refractivity contribution in [2.45, 2.75) is 13.1 Å². The number of benzene rings is 2. The molecule has 0 aliphatic carbocycles. The number of rotatable bonds is 6. The number of hydrogen-bond acceptors (Lipinski definition) is 4. The Morgan fingerprint density at radius 3 is 2.57 bits per heavy atom. The molecular weight excluding hydrogens is 336 g/mol. The molecule has 0 aliphatic rings. The lowest BCUT2D eigenvalue weighted by Gasteiger charge is -2.07. The van der Waals surface area contributed by atoms with Gasteiger partial charge in [-0.05, 0) is 45.3 Å². The molecule has 6 heteroatoms. The Morgan fingerprint density at radius 1 is 1.19 bits per heavy atom. The zero-order chi connectivity index (χ0) is 15.2. The summed E-state index contributed by atoms with van der Waals surface area (Å²) in [6, 6.07) is 12.9. The van der Waals surface area contributed by atoms with E-state index in [1.54, 1.807) is 19.2 Å². The molecule has 2 aromatic carbocycles. The summed E-state index contributed by atoms with van der Waals surface area (Å²) < 4.78 is 5.66. The highest BCUT2D eigenvalue weighted by Crippen LogP contribution is 2.25. The first kappa shape index (κ1) is 15.5. The van der Waals surface area contributed by atoms with E-state index in [2.05, 4.69) is 21.2 Å². The molecule has 0 atom stereocenters. The largest absolute Gasteiger partial charge is 0.497 e. The van der Waals surface area contributed by atoms with E-state index < -0.39 is 4.92 Å². The Kier molecular flexibility index (Phi) is 5.30. The van der Waals surface area contributed by atoms with Crippen molar-refractivity contribution in [3.05, 3.63) is 68.2 Å². The second-order valence-corrected chi connectivity index (χ2v) is 5.35. The van der Waals surface area contributed by atoms with E-state index >= 15 is 0 Å². The maximum absolute atomic E-state index is 10.9. The van der Waals surface area contributed by atoms with Gasteiger partial charge in [-0.1, -0.05) is 18.2 Å². The number of nitro benzene ring substituents is 1. The summed E-state index contributed by atoms with van der Waals surface area (Å²) >= 11 is 3.18. The summed E-state index contributed by atoms with van der Waals surface area (Å²) in [5.41, 5.74) is 2.05. The molecule has 2 aromatic rings. The second-order valence-electron chi connectivity index (χ2n) is 4.50. The van der Waals surface area contributed by atoms with E-state index in [1.807, 2.05) is 30.3 Å². The highest BCUT2D eigenvalue weighted by atomic mass is 79.9. The molecule has 0 saturated heterocycles. The van der Waals surface area contributed by atoms with Gasteiger partial charge in [0.15, 0.2) is 0 Å². The van der Waals surface area contributed by atoms with Gasteiger partial charge in [-0.15, -0.1) is 0 Å². The molecule has 0 saturated carbocycles. The Morgan fingerprint density at radius 2 is 1.90 bits per heavy atom. The molecule has 0 aromatic heterocycles. The van der Waals surface area contributed by atoms with Gasteiger partial charge in [-0.25, -0.2) is 0 Å². The zero-order valence-electron chi connectivity index (χ0n) is 11.5. The second kappa shape index (κ2) is 7.19. The van der Waals surface area contributed by atoms with Crippen LogP contribution in [0.25, 0.3) is 0 Å². The quantitative estimate of drug-likeness (QED) is 0.637. The van der Waals surface area contributed by atoms with Gasteiger partial charge in [-0.2, -0.15) is 0 Å². The van der Waals surface area contributed by atoms with Crippen LogP contribution in [0, 0.1) is 10.1 Å². The van der Waals surface area contributed by atoms with Crippen molar-refractivity contribution in [2.24, 2.45) is 0 Å². The van der Waals surface area contributed by atoms with Crippen molar-refractivity contribution >= 4 is 21.6 Å². The van der Waals surface area contributed by atoms with Crippen LogP contribution in [0.1, 0.15) is 11.1 Å². The van der Waals surface area contributed by atoms with E-state index in [-0.39, 0.29) is 5.69 Å². The fraction of sp³-hybridized carbons (Fsp3) is 0.200. The van der Waals surface area contributed by atoms with Crippen molar-refractivity contribution < 1.29 is 9.66 Å². The number of nitro groups is 1. The minimum absolute atomic E-state index is 0.0793. The van der Waals surface area contributed by atoms with Crippen LogP contribution in [0.3, 0.4) is 0 Å². The fourth-order valence-corrected chi connectivity index (χ4v) is 2.33. The molecule has 5 nitrogen and oxygen atoms in total. The summed E-state index contributed by atoms with van der Waals surface area (Å²) in [6.07, 6.45) is 0. The summed E-state index contributed by atoms with van der Waals surface area (Å²) in [7, 11) is 1.63. The molecule has 2 rings (SSSR count). The van der Waals surface area contributed by atoms with Crippen LogP contribution in [-0.4, -0.2) is 12.0 Å². The molecule has 0 spiro atoms.